The molecule has 1 heterocycles. The van der Waals surface area contributed by atoms with Crippen molar-refractivity contribution in [1.82, 2.24) is 4.90 Å². The van der Waals surface area contributed by atoms with Crippen molar-refractivity contribution in [3.8, 4) is 5.75 Å². The molecule has 1 amide bonds. The van der Waals surface area contributed by atoms with Gasteiger partial charge in [-0.3, -0.25) is 4.90 Å². The highest BCUT2D eigenvalue weighted by atomic mass is 28.2. The lowest BCUT2D eigenvalue weighted by atomic mass is 10.1. The molecule has 1 aromatic carbocycles. The van der Waals surface area contributed by atoms with Crippen LogP contribution in [0.25, 0.3) is 0 Å². The summed E-state index contributed by atoms with van der Waals surface area (Å²) in [4.78, 5) is 26.0. The molecule has 0 bridgehead atoms. The van der Waals surface area contributed by atoms with Gasteiger partial charge in [0.05, 0.1) is 11.3 Å². The van der Waals surface area contributed by atoms with Crippen LogP contribution < -0.4 is 10.5 Å². The molecule has 1 unspecified atom stereocenters. The summed E-state index contributed by atoms with van der Waals surface area (Å²) < 4.78 is 16.2. The van der Waals surface area contributed by atoms with Crippen LogP contribution in [-0.2, 0) is 9.16 Å². The number of likely N-dealkylation sites (tertiary alicyclic amines) is 1. The van der Waals surface area contributed by atoms with Crippen molar-refractivity contribution in [2.45, 2.75) is 51.9 Å². The Balaban J connectivity index is 2.08. The van der Waals surface area contributed by atoms with Gasteiger partial charge in [0.15, 0.2) is 5.75 Å². The van der Waals surface area contributed by atoms with Crippen molar-refractivity contribution >= 4 is 28.2 Å². The Bertz CT molecular complexity index is 644. The van der Waals surface area contributed by atoms with E-state index in [0.717, 1.165) is 19.3 Å². The first-order chi connectivity index (χ1) is 11.7. The predicted molar refractivity (Wildman–Crippen MR) is 97.4 cm³/mol. The lowest BCUT2D eigenvalue weighted by molar-refractivity contribution is 0.00693. The lowest BCUT2D eigenvalue weighted by Crippen LogP contribution is -2.46. The monoisotopic (exact) mass is 366 g/mol. The van der Waals surface area contributed by atoms with Gasteiger partial charge in [-0.1, -0.05) is 0 Å². The smallest absolute Gasteiger partial charge is 0.417 e. The maximum atomic E-state index is 12.4. The summed E-state index contributed by atoms with van der Waals surface area (Å²) in [5.41, 5.74) is 5.86. The minimum Gasteiger partial charge on any atom is -0.456 e. The fourth-order valence-corrected chi connectivity index (χ4v) is 3.10. The summed E-state index contributed by atoms with van der Waals surface area (Å²) >= 11 is 0. The molecule has 0 radical (unpaired) electrons. The van der Waals surface area contributed by atoms with E-state index in [1.807, 2.05) is 0 Å². The van der Waals surface area contributed by atoms with Crippen LogP contribution in [0.15, 0.2) is 18.2 Å². The van der Waals surface area contributed by atoms with Crippen LogP contribution in [0.3, 0.4) is 0 Å². The van der Waals surface area contributed by atoms with Crippen molar-refractivity contribution in [3.05, 3.63) is 23.8 Å². The van der Waals surface area contributed by atoms with Crippen LogP contribution in [0.1, 0.15) is 50.4 Å². The number of hydrogen-bond acceptors (Lipinski definition) is 6. The number of amides is 1. The zero-order valence-electron chi connectivity index (χ0n) is 15.2. The molecule has 1 aliphatic heterocycles. The average molecular weight is 366 g/mol. The maximum absolute atomic E-state index is 12.4. The zero-order valence-corrected chi connectivity index (χ0v) is 17.2. The number of piperidine rings is 1. The third-order valence-electron chi connectivity index (χ3n) is 3.80. The maximum Gasteiger partial charge on any atom is 0.417 e. The molecule has 7 nitrogen and oxygen atoms in total. The van der Waals surface area contributed by atoms with E-state index in [-0.39, 0.29) is 17.7 Å². The summed E-state index contributed by atoms with van der Waals surface area (Å²) in [6.07, 6.45) is 2.05. The summed E-state index contributed by atoms with van der Waals surface area (Å²) in [5, 5.41) is 0. The molecule has 1 saturated heterocycles. The minimum atomic E-state index is -0.594. The number of ether oxygens (including phenoxy) is 2. The van der Waals surface area contributed by atoms with Gasteiger partial charge in [-0.2, -0.15) is 0 Å². The molecule has 1 aliphatic rings. The second kappa shape index (κ2) is 7.88. The fourth-order valence-electron chi connectivity index (χ4n) is 2.61. The SMILES string of the molecule is CC(C)(C)OC(=O)c1ccc(OC(=O)N2CCCCC2O[SiH3])c(N)c1. The van der Waals surface area contributed by atoms with Crippen LogP contribution in [0.2, 0.25) is 0 Å². The molecule has 1 fully saturated rings. The second-order valence-electron chi connectivity index (χ2n) is 7.00. The summed E-state index contributed by atoms with van der Waals surface area (Å²) in [5.74, 6) is -0.257. The van der Waals surface area contributed by atoms with E-state index >= 15 is 0 Å². The van der Waals surface area contributed by atoms with Crippen molar-refractivity contribution < 1.29 is 23.5 Å². The molecule has 0 saturated carbocycles. The minimum absolute atomic E-state index is 0.206. The molecule has 2 rings (SSSR count). The van der Waals surface area contributed by atoms with E-state index in [1.54, 1.807) is 25.7 Å². The van der Waals surface area contributed by atoms with Gasteiger partial charge >= 0.3 is 12.1 Å². The Kier molecular flexibility index (Phi) is 6.07. The van der Waals surface area contributed by atoms with Crippen molar-refractivity contribution in [2.75, 3.05) is 12.3 Å². The van der Waals surface area contributed by atoms with Gasteiger partial charge in [-0.15, -0.1) is 0 Å². The van der Waals surface area contributed by atoms with Crippen LogP contribution in [-0.4, -0.2) is 45.8 Å². The molecule has 0 spiro atoms. The summed E-state index contributed by atoms with van der Waals surface area (Å²) in [6.45, 7) is 5.97. The first-order valence-corrected chi connectivity index (χ1v) is 9.17. The first kappa shape index (κ1) is 19.3. The highest BCUT2D eigenvalue weighted by Crippen LogP contribution is 2.26. The molecule has 8 heteroatoms. The van der Waals surface area contributed by atoms with Crippen LogP contribution in [0.5, 0.6) is 5.75 Å². The molecule has 0 aliphatic carbocycles. The standard InChI is InChI=1S/C17H26N2O5Si/c1-17(2,3)23-15(20)11-7-8-13(12(18)10-11)22-16(21)19-9-5-4-6-14(19)24-25/h7-8,10,14H,4-6,9,18H2,1-3,25H3. The highest BCUT2D eigenvalue weighted by Gasteiger charge is 2.28. The van der Waals surface area contributed by atoms with Crippen LogP contribution >= 0.6 is 0 Å². The number of rotatable bonds is 3. The second-order valence-corrected chi connectivity index (χ2v) is 7.47. The van der Waals surface area contributed by atoms with Crippen LogP contribution in [0.4, 0.5) is 10.5 Å². The Labute approximate surface area is 150 Å². The molecular formula is C17H26N2O5Si. The largest absolute Gasteiger partial charge is 0.456 e. The molecule has 1 atom stereocenters. The number of esters is 1. The van der Waals surface area contributed by atoms with E-state index in [2.05, 4.69) is 0 Å². The average Bonchev–Trinajstić information content (AvgIpc) is 2.54. The van der Waals surface area contributed by atoms with Gasteiger partial charge in [-0.05, 0) is 58.2 Å². The number of nitrogens with two attached hydrogens (primary N) is 1. The van der Waals surface area contributed by atoms with E-state index in [4.69, 9.17) is 19.6 Å². The zero-order chi connectivity index (χ0) is 18.6. The van der Waals surface area contributed by atoms with Gasteiger partial charge in [-0.25, -0.2) is 9.59 Å². The Morgan fingerprint density at radius 3 is 2.60 bits per heavy atom. The van der Waals surface area contributed by atoms with Gasteiger partial charge in [0.2, 0.25) is 0 Å². The molecule has 0 aromatic heterocycles. The normalized spacial score (nSPS) is 18.0. The quantitative estimate of drug-likeness (QED) is 0.499. The third-order valence-corrected chi connectivity index (χ3v) is 4.34. The first-order valence-electron chi connectivity index (χ1n) is 8.35. The Morgan fingerprint density at radius 2 is 2.00 bits per heavy atom. The van der Waals surface area contributed by atoms with Crippen LogP contribution in [0, 0.1) is 0 Å². The fraction of sp³-hybridized carbons (Fsp3) is 0.529. The van der Waals surface area contributed by atoms with Gasteiger partial charge in [0.1, 0.15) is 22.3 Å². The number of hydrogen-bond donors (Lipinski definition) is 1. The predicted octanol–water partition coefficient (Wildman–Crippen LogP) is 1.83. The number of anilines is 1. The van der Waals surface area contributed by atoms with Gasteiger partial charge in [0.25, 0.3) is 0 Å². The molecule has 2 N–H and O–H groups in total. The molecule has 138 valence electrons. The molecular weight excluding hydrogens is 340 g/mol. The van der Waals surface area contributed by atoms with E-state index in [1.165, 1.54) is 18.2 Å². The van der Waals surface area contributed by atoms with Crippen molar-refractivity contribution in [1.29, 1.82) is 0 Å². The topological polar surface area (TPSA) is 91.1 Å². The van der Waals surface area contributed by atoms with E-state index in [9.17, 15) is 9.59 Å². The number of nitrogens with zero attached hydrogens (tertiary/aromatic N) is 1. The lowest BCUT2D eigenvalue weighted by Gasteiger charge is -2.34. The van der Waals surface area contributed by atoms with Crippen molar-refractivity contribution in [3.63, 3.8) is 0 Å². The highest BCUT2D eigenvalue weighted by molar-refractivity contribution is 5.98. The van der Waals surface area contributed by atoms with Gasteiger partial charge < -0.3 is 19.6 Å². The third kappa shape index (κ3) is 5.20. The number of nitrogen functional groups attached to an aromatic ring is 1. The molecule has 25 heavy (non-hydrogen) atoms. The van der Waals surface area contributed by atoms with E-state index < -0.39 is 17.7 Å². The van der Waals surface area contributed by atoms with E-state index in [0.29, 0.717) is 22.6 Å². The Hall–Kier alpha value is -2.06. The number of benzene rings is 1. The number of carbonyl (C=O) groups excluding carboxylic acids is 2. The summed E-state index contributed by atoms with van der Waals surface area (Å²) in [7, 11) is 0.552. The van der Waals surface area contributed by atoms with Gasteiger partial charge in [0, 0.05) is 6.54 Å². The van der Waals surface area contributed by atoms with Crippen molar-refractivity contribution in [2.24, 2.45) is 0 Å². The Morgan fingerprint density at radius 1 is 1.28 bits per heavy atom. The molecule has 1 aromatic rings. The summed E-state index contributed by atoms with van der Waals surface area (Å²) in [6, 6.07) is 4.49. The number of carbonyl (C=O) groups is 2.